The molecule has 112 valence electrons. The molecule has 0 saturated carbocycles. The number of non-ortho nitro benzene ring substituents is 1. The average Bonchev–Trinajstić information content (AvgIpc) is 2.36. The van der Waals surface area contributed by atoms with Crippen LogP contribution in [0.5, 0.6) is 5.75 Å². The van der Waals surface area contributed by atoms with Gasteiger partial charge < -0.3 is 10.1 Å². The quantitative estimate of drug-likeness (QED) is 0.439. The first-order valence-electron chi connectivity index (χ1n) is 6.02. The predicted molar refractivity (Wildman–Crippen MR) is 75.7 cm³/mol. The molecule has 0 aliphatic carbocycles. The zero-order valence-electron chi connectivity index (χ0n) is 11.5. The van der Waals surface area contributed by atoms with Gasteiger partial charge in [0.1, 0.15) is 15.6 Å². The molecular weight excluding hydrogens is 284 g/mol. The molecule has 0 saturated heterocycles. The van der Waals surface area contributed by atoms with E-state index >= 15 is 0 Å². The third-order valence-electron chi connectivity index (χ3n) is 2.60. The van der Waals surface area contributed by atoms with Gasteiger partial charge in [-0.05, 0) is 24.6 Å². The van der Waals surface area contributed by atoms with E-state index in [0.717, 1.165) is 5.56 Å². The van der Waals surface area contributed by atoms with E-state index in [1.807, 2.05) is 0 Å². The third kappa shape index (κ3) is 5.98. The molecule has 0 bridgehead atoms. The maximum absolute atomic E-state index is 10.9. The van der Waals surface area contributed by atoms with E-state index < -0.39 is 14.8 Å². The van der Waals surface area contributed by atoms with E-state index in [1.165, 1.54) is 25.5 Å². The van der Waals surface area contributed by atoms with Crippen LogP contribution in [0.3, 0.4) is 0 Å². The lowest BCUT2D eigenvalue weighted by molar-refractivity contribution is -0.385. The van der Waals surface area contributed by atoms with Crippen LogP contribution in [0.15, 0.2) is 18.2 Å². The molecule has 0 radical (unpaired) electrons. The molecular formula is C12H18N2O5S. The first-order valence-corrected chi connectivity index (χ1v) is 8.08. The smallest absolute Gasteiger partial charge is 0.273 e. The highest BCUT2D eigenvalue weighted by Gasteiger charge is 2.10. The van der Waals surface area contributed by atoms with E-state index in [2.05, 4.69) is 5.32 Å². The maximum atomic E-state index is 10.9. The van der Waals surface area contributed by atoms with Crippen molar-refractivity contribution in [1.29, 1.82) is 0 Å². The third-order valence-corrected chi connectivity index (χ3v) is 3.63. The van der Waals surface area contributed by atoms with Crippen LogP contribution in [-0.2, 0) is 16.4 Å². The Morgan fingerprint density at radius 3 is 2.60 bits per heavy atom. The highest BCUT2D eigenvalue weighted by molar-refractivity contribution is 7.90. The van der Waals surface area contributed by atoms with Gasteiger partial charge >= 0.3 is 0 Å². The average molecular weight is 302 g/mol. The summed E-state index contributed by atoms with van der Waals surface area (Å²) in [6, 6.07) is 4.52. The second-order valence-electron chi connectivity index (χ2n) is 4.46. The van der Waals surface area contributed by atoms with Gasteiger partial charge in [0.05, 0.1) is 23.9 Å². The van der Waals surface area contributed by atoms with Crippen LogP contribution in [0.25, 0.3) is 0 Å². The summed E-state index contributed by atoms with van der Waals surface area (Å²) in [5.74, 6) is 0.547. The standard InChI is InChI=1S/C12H18N2O5S/c1-19-12-7-10(6-11(8-12)14(15)16)9-13-4-3-5-20(2,17)18/h6-8,13H,3-5,9H2,1-2H3. The minimum Gasteiger partial charge on any atom is -0.496 e. The van der Waals surface area contributed by atoms with E-state index in [1.54, 1.807) is 6.07 Å². The number of sulfone groups is 1. The Kier molecular flexibility index (Phi) is 5.90. The maximum Gasteiger partial charge on any atom is 0.273 e. The van der Waals surface area contributed by atoms with Crippen LogP contribution >= 0.6 is 0 Å². The Balaban J connectivity index is 2.55. The number of ether oxygens (including phenoxy) is 1. The normalized spacial score (nSPS) is 11.3. The predicted octanol–water partition coefficient (Wildman–Crippen LogP) is 1.13. The first-order chi connectivity index (χ1) is 9.31. The van der Waals surface area contributed by atoms with Gasteiger partial charge in [0, 0.05) is 18.9 Å². The zero-order chi connectivity index (χ0) is 15.2. The SMILES string of the molecule is COc1cc(CNCCCS(C)(=O)=O)cc([N+](=O)[O-])c1. The van der Waals surface area contributed by atoms with Crippen molar-refractivity contribution >= 4 is 15.5 Å². The number of methoxy groups -OCH3 is 1. The Hall–Kier alpha value is -1.67. The van der Waals surface area contributed by atoms with Crippen molar-refractivity contribution < 1.29 is 18.1 Å². The summed E-state index contributed by atoms with van der Waals surface area (Å²) in [6.45, 7) is 0.944. The molecule has 8 heteroatoms. The van der Waals surface area contributed by atoms with E-state index in [4.69, 9.17) is 4.74 Å². The zero-order valence-corrected chi connectivity index (χ0v) is 12.3. The molecule has 1 aromatic carbocycles. The van der Waals surface area contributed by atoms with Crippen molar-refractivity contribution in [2.24, 2.45) is 0 Å². The van der Waals surface area contributed by atoms with Crippen LogP contribution in [0.1, 0.15) is 12.0 Å². The summed E-state index contributed by atoms with van der Waals surface area (Å²) < 4.78 is 26.9. The number of hydrogen-bond donors (Lipinski definition) is 1. The fourth-order valence-electron chi connectivity index (χ4n) is 1.66. The molecule has 20 heavy (non-hydrogen) atoms. The number of hydrogen-bond acceptors (Lipinski definition) is 6. The number of nitrogens with zero attached hydrogens (tertiary/aromatic N) is 1. The van der Waals surface area contributed by atoms with Crippen LogP contribution < -0.4 is 10.1 Å². The molecule has 0 fully saturated rings. The lowest BCUT2D eigenvalue weighted by Crippen LogP contribution is -2.18. The summed E-state index contributed by atoms with van der Waals surface area (Å²) in [4.78, 5) is 10.3. The highest BCUT2D eigenvalue weighted by Crippen LogP contribution is 2.22. The van der Waals surface area contributed by atoms with Gasteiger partial charge in [-0.3, -0.25) is 10.1 Å². The van der Waals surface area contributed by atoms with Crippen molar-refractivity contribution in [3.8, 4) is 5.75 Å². The summed E-state index contributed by atoms with van der Waals surface area (Å²) >= 11 is 0. The molecule has 1 aromatic rings. The lowest BCUT2D eigenvalue weighted by atomic mass is 10.2. The monoisotopic (exact) mass is 302 g/mol. The molecule has 0 aliphatic heterocycles. The van der Waals surface area contributed by atoms with Crippen molar-refractivity contribution in [2.75, 3.05) is 25.7 Å². The number of rotatable bonds is 8. The highest BCUT2D eigenvalue weighted by atomic mass is 32.2. The number of benzene rings is 1. The molecule has 0 spiro atoms. The van der Waals surface area contributed by atoms with Gasteiger partial charge in [-0.15, -0.1) is 0 Å². The molecule has 1 rings (SSSR count). The van der Waals surface area contributed by atoms with Gasteiger partial charge in [-0.2, -0.15) is 0 Å². The molecule has 1 N–H and O–H groups in total. The largest absolute Gasteiger partial charge is 0.496 e. The Bertz CT molecular complexity index is 571. The van der Waals surface area contributed by atoms with Gasteiger partial charge in [-0.1, -0.05) is 0 Å². The summed E-state index contributed by atoms with van der Waals surface area (Å²) in [6.07, 6.45) is 1.70. The number of nitro benzene ring substituents is 1. The van der Waals surface area contributed by atoms with E-state index in [0.29, 0.717) is 25.3 Å². The lowest BCUT2D eigenvalue weighted by Gasteiger charge is -2.07. The summed E-state index contributed by atoms with van der Waals surface area (Å²) in [5, 5.41) is 13.8. The fraction of sp³-hybridized carbons (Fsp3) is 0.500. The summed E-state index contributed by atoms with van der Waals surface area (Å²) in [5.41, 5.74) is 0.688. The van der Waals surface area contributed by atoms with Crippen molar-refractivity contribution in [3.05, 3.63) is 33.9 Å². The van der Waals surface area contributed by atoms with Crippen LogP contribution in [0.2, 0.25) is 0 Å². The minimum atomic E-state index is -2.95. The minimum absolute atomic E-state index is 0.0303. The van der Waals surface area contributed by atoms with E-state index in [-0.39, 0.29) is 11.4 Å². The van der Waals surface area contributed by atoms with E-state index in [9.17, 15) is 18.5 Å². The van der Waals surface area contributed by atoms with Gasteiger partial charge in [-0.25, -0.2) is 8.42 Å². The first kappa shape index (κ1) is 16.4. The Labute approximate surface area is 118 Å². The van der Waals surface area contributed by atoms with Crippen molar-refractivity contribution in [2.45, 2.75) is 13.0 Å². The van der Waals surface area contributed by atoms with Crippen molar-refractivity contribution in [1.82, 2.24) is 5.32 Å². The van der Waals surface area contributed by atoms with Gasteiger partial charge in [0.15, 0.2) is 0 Å². The summed E-state index contributed by atoms with van der Waals surface area (Å²) in [7, 11) is -1.50. The van der Waals surface area contributed by atoms with Crippen LogP contribution in [0, 0.1) is 10.1 Å². The fourth-order valence-corrected chi connectivity index (χ4v) is 2.33. The topological polar surface area (TPSA) is 98.5 Å². The molecule has 7 nitrogen and oxygen atoms in total. The second kappa shape index (κ2) is 7.20. The number of nitro groups is 1. The van der Waals surface area contributed by atoms with Crippen LogP contribution in [0.4, 0.5) is 5.69 Å². The molecule has 0 aliphatic rings. The molecule has 0 heterocycles. The molecule has 0 unspecified atom stereocenters. The Morgan fingerprint density at radius 1 is 1.35 bits per heavy atom. The molecule has 0 atom stereocenters. The van der Waals surface area contributed by atoms with Gasteiger partial charge in [0.25, 0.3) is 5.69 Å². The second-order valence-corrected chi connectivity index (χ2v) is 6.72. The number of nitrogens with one attached hydrogen (secondary N) is 1. The van der Waals surface area contributed by atoms with Crippen molar-refractivity contribution in [3.63, 3.8) is 0 Å². The molecule has 0 aromatic heterocycles. The van der Waals surface area contributed by atoms with Crippen LogP contribution in [-0.4, -0.2) is 39.0 Å². The Morgan fingerprint density at radius 2 is 2.05 bits per heavy atom. The van der Waals surface area contributed by atoms with Gasteiger partial charge in [0.2, 0.25) is 0 Å². The molecule has 0 amide bonds.